The summed E-state index contributed by atoms with van der Waals surface area (Å²) in [5.74, 6) is 0.753. The first-order chi connectivity index (χ1) is 6.22. The van der Waals surface area contributed by atoms with Crippen LogP contribution in [0.3, 0.4) is 0 Å². The first-order valence-electron chi connectivity index (χ1n) is 5.98. The molecule has 0 aromatic heterocycles. The fourth-order valence-electron chi connectivity index (χ4n) is 2.49. The van der Waals surface area contributed by atoms with Crippen molar-refractivity contribution in [1.29, 1.82) is 0 Å². The number of nitrogens with two attached hydrogens (primary N) is 1. The molecule has 0 aromatic carbocycles. The van der Waals surface area contributed by atoms with Gasteiger partial charge in [0, 0.05) is 6.04 Å². The molecule has 0 saturated heterocycles. The summed E-state index contributed by atoms with van der Waals surface area (Å²) in [6, 6.07) is 0.374. The average Bonchev–Trinajstić information content (AvgIpc) is 2.01. The zero-order valence-corrected chi connectivity index (χ0v) is 10.6. The maximum Gasteiger partial charge on any atom is 0.0116 e. The van der Waals surface area contributed by atoms with Gasteiger partial charge in [-0.15, -0.1) is 0 Å². The van der Waals surface area contributed by atoms with Crippen LogP contribution in [0.4, 0.5) is 0 Å². The standard InChI is InChI=1S/C13H27N/c1-12(2,3)11(14)10-6-8-13(4,5)9-7-10/h10-11H,6-9,14H2,1-5H3. The van der Waals surface area contributed by atoms with Gasteiger partial charge in [0.25, 0.3) is 0 Å². The van der Waals surface area contributed by atoms with Crippen molar-refractivity contribution in [2.45, 2.75) is 66.3 Å². The highest BCUT2D eigenvalue weighted by Gasteiger charge is 2.34. The van der Waals surface area contributed by atoms with E-state index in [0.29, 0.717) is 11.5 Å². The third-order valence-electron chi connectivity index (χ3n) is 3.89. The van der Waals surface area contributed by atoms with Crippen LogP contribution in [-0.2, 0) is 0 Å². The Bertz CT molecular complexity index is 178. The van der Waals surface area contributed by atoms with Crippen LogP contribution in [0, 0.1) is 16.7 Å². The van der Waals surface area contributed by atoms with Crippen molar-refractivity contribution in [2.24, 2.45) is 22.5 Å². The summed E-state index contributed by atoms with van der Waals surface area (Å²) in [6.07, 6.45) is 5.35. The van der Waals surface area contributed by atoms with Gasteiger partial charge in [0.2, 0.25) is 0 Å². The molecule has 1 saturated carbocycles. The highest BCUT2D eigenvalue weighted by atomic mass is 14.7. The second-order valence-electron chi connectivity index (χ2n) is 6.89. The molecule has 84 valence electrons. The molecule has 0 amide bonds. The zero-order chi connectivity index (χ0) is 11.0. The third-order valence-corrected chi connectivity index (χ3v) is 3.89. The van der Waals surface area contributed by atoms with E-state index in [0.717, 1.165) is 5.92 Å². The summed E-state index contributed by atoms with van der Waals surface area (Å²) in [7, 11) is 0. The van der Waals surface area contributed by atoms with Crippen LogP contribution in [0.15, 0.2) is 0 Å². The zero-order valence-electron chi connectivity index (χ0n) is 10.6. The normalized spacial score (nSPS) is 26.1. The molecule has 0 bridgehead atoms. The summed E-state index contributed by atoms with van der Waals surface area (Å²) < 4.78 is 0. The van der Waals surface area contributed by atoms with E-state index in [1.165, 1.54) is 25.7 Å². The Morgan fingerprint density at radius 3 is 1.93 bits per heavy atom. The van der Waals surface area contributed by atoms with Gasteiger partial charge in [-0.3, -0.25) is 0 Å². The molecule has 1 heteroatoms. The minimum absolute atomic E-state index is 0.270. The van der Waals surface area contributed by atoms with Crippen molar-refractivity contribution in [3.63, 3.8) is 0 Å². The van der Waals surface area contributed by atoms with Gasteiger partial charge in [-0.1, -0.05) is 34.6 Å². The quantitative estimate of drug-likeness (QED) is 0.683. The Morgan fingerprint density at radius 2 is 1.57 bits per heavy atom. The Hall–Kier alpha value is -0.0400. The van der Waals surface area contributed by atoms with Crippen LogP contribution < -0.4 is 5.73 Å². The van der Waals surface area contributed by atoms with Gasteiger partial charge in [-0.25, -0.2) is 0 Å². The van der Waals surface area contributed by atoms with E-state index in [2.05, 4.69) is 34.6 Å². The molecular weight excluding hydrogens is 170 g/mol. The van der Waals surface area contributed by atoms with Crippen LogP contribution >= 0.6 is 0 Å². The lowest BCUT2D eigenvalue weighted by atomic mass is 9.67. The van der Waals surface area contributed by atoms with Crippen LogP contribution in [0.1, 0.15) is 60.3 Å². The van der Waals surface area contributed by atoms with E-state index < -0.39 is 0 Å². The molecule has 14 heavy (non-hydrogen) atoms. The van der Waals surface area contributed by atoms with Crippen molar-refractivity contribution >= 4 is 0 Å². The molecule has 1 unspecified atom stereocenters. The minimum Gasteiger partial charge on any atom is -0.327 e. The molecule has 0 aliphatic heterocycles. The van der Waals surface area contributed by atoms with Crippen molar-refractivity contribution in [2.75, 3.05) is 0 Å². The average molecular weight is 197 g/mol. The van der Waals surface area contributed by atoms with Crippen LogP contribution in [0.25, 0.3) is 0 Å². The second kappa shape index (κ2) is 3.84. The molecule has 0 aromatic rings. The van der Waals surface area contributed by atoms with Gasteiger partial charge < -0.3 is 5.73 Å². The summed E-state index contributed by atoms with van der Waals surface area (Å²) >= 11 is 0. The molecular formula is C13H27N. The molecule has 1 fully saturated rings. The summed E-state index contributed by atoms with van der Waals surface area (Å²) in [5.41, 5.74) is 7.15. The number of hydrogen-bond donors (Lipinski definition) is 1. The lowest BCUT2D eigenvalue weighted by Crippen LogP contribution is -2.43. The third kappa shape index (κ3) is 2.98. The molecule has 1 aliphatic rings. The SMILES string of the molecule is CC1(C)CCC(C(N)C(C)(C)C)CC1. The predicted molar refractivity (Wildman–Crippen MR) is 63.2 cm³/mol. The topological polar surface area (TPSA) is 26.0 Å². The summed E-state index contributed by atoms with van der Waals surface area (Å²) in [5, 5.41) is 0. The Balaban J connectivity index is 2.50. The predicted octanol–water partition coefficient (Wildman–Crippen LogP) is 3.58. The van der Waals surface area contributed by atoms with Crippen molar-refractivity contribution in [3.05, 3.63) is 0 Å². The minimum atomic E-state index is 0.270. The first-order valence-corrected chi connectivity index (χ1v) is 5.98. The van der Waals surface area contributed by atoms with Crippen LogP contribution in [0.5, 0.6) is 0 Å². The Labute approximate surface area is 89.5 Å². The van der Waals surface area contributed by atoms with E-state index in [-0.39, 0.29) is 5.41 Å². The fraction of sp³-hybridized carbons (Fsp3) is 1.00. The lowest BCUT2D eigenvalue weighted by molar-refractivity contribution is 0.131. The Kier molecular flexibility index (Phi) is 3.30. The highest BCUT2D eigenvalue weighted by molar-refractivity contribution is 4.88. The van der Waals surface area contributed by atoms with E-state index in [9.17, 15) is 0 Å². The molecule has 2 N–H and O–H groups in total. The highest BCUT2D eigenvalue weighted by Crippen LogP contribution is 2.41. The fourth-order valence-corrected chi connectivity index (χ4v) is 2.49. The smallest absolute Gasteiger partial charge is 0.0116 e. The maximum absolute atomic E-state index is 6.31. The van der Waals surface area contributed by atoms with Gasteiger partial charge in [0.1, 0.15) is 0 Å². The largest absolute Gasteiger partial charge is 0.327 e. The second-order valence-corrected chi connectivity index (χ2v) is 6.89. The van der Waals surface area contributed by atoms with Crippen molar-refractivity contribution in [1.82, 2.24) is 0 Å². The molecule has 1 atom stereocenters. The maximum atomic E-state index is 6.31. The molecule has 0 heterocycles. The van der Waals surface area contributed by atoms with Gasteiger partial charge in [0.15, 0.2) is 0 Å². The van der Waals surface area contributed by atoms with Gasteiger partial charge in [-0.2, -0.15) is 0 Å². The Morgan fingerprint density at radius 1 is 1.14 bits per heavy atom. The lowest BCUT2D eigenvalue weighted by Gasteiger charge is -2.41. The summed E-state index contributed by atoms with van der Waals surface area (Å²) in [6.45, 7) is 11.5. The number of rotatable bonds is 1. The molecule has 1 aliphatic carbocycles. The van der Waals surface area contributed by atoms with Gasteiger partial charge in [-0.05, 0) is 42.4 Å². The van der Waals surface area contributed by atoms with E-state index >= 15 is 0 Å². The molecule has 1 nitrogen and oxygen atoms in total. The van der Waals surface area contributed by atoms with Gasteiger partial charge >= 0.3 is 0 Å². The molecule has 1 rings (SSSR count). The number of hydrogen-bond acceptors (Lipinski definition) is 1. The first kappa shape index (κ1) is 12.0. The van der Waals surface area contributed by atoms with E-state index in [4.69, 9.17) is 5.73 Å². The summed E-state index contributed by atoms with van der Waals surface area (Å²) in [4.78, 5) is 0. The van der Waals surface area contributed by atoms with E-state index in [1.54, 1.807) is 0 Å². The monoisotopic (exact) mass is 197 g/mol. The van der Waals surface area contributed by atoms with Crippen molar-refractivity contribution in [3.8, 4) is 0 Å². The van der Waals surface area contributed by atoms with Crippen molar-refractivity contribution < 1.29 is 0 Å². The van der Waals surface area contributed by atoms with Gasteiger partial charge in [0.05, 0.1) is 0 Å². The van der Waals surface area contributed by atoms with Crippen LogP contribution in [-0.4, -0.2) is 6.04 Å². The molecule has 0 radical (unpaired) electrons. The van der Waals surface area contributed by atoms with Crippen LogP contribution in [0.2, 0.25) is 0 Å². The molecule has 0 spiro atoms. The van der Waals surface area contributed by atoms with E-state index in [1.807, 2.05) is 0 Å².